The second-order valence-corrected chi connectivity index (χ2v) is 10.4. The molecule has 0 saturated carbocycles. The third-order valence-corrected chi connectivity index (χ3v) is 8.07. The third kappa shape index (κ3) is 6.24. The maximum Gasteiger partial charge on any atom is 0.227 e. The number of aryl methyl sites for hydroxylation is 1. The smallest absolute Gasteiger partial charge is 0.227 e. The van der Waals surface area contributed by atoms with E-state index in [0.29, 0.717) is 24.6 Å². The number of ether oxygens (including phenoxy) is 1. The number of piperidine rings is 2. The summed E-state index contributed by atoms with van der Waals surface area (Å²) >= 11 is 1.94. The molecule has 3 heterocycles. The summed E-state index contributed by atoms with van der Waals surface area (Å²) in [6, 6.07) is 8.72. The van der Waals surface area contributed by atoms with Gasteiger partial charge in [0.05, 0.1) is 19.1 Å². The van der Waals surface area contributed by atoms with Crippen molar-refractivity contribution in [1.29, 1.82) is 0 Å². The molecule has 0 spiro atoms. The van der Waals surface area contributed by atoms with Gasteiger partial charge in [-0.1, -0.05) is 17.7 Å². The monoisotopic (exact) mass is 445 g/mol. The van der Waals surface area contributed by atoms with Gasteiger partial charge in [0, 0.05) is 62.4 Å². The minimum absolute atomic E-state index is 0.0382. The highest BCUT2D eigenvalue weighted by molar-refractivity contribution is 8.00. The molecule has 3 aliphatic heterocycles. The second kappa shape index (κ2) is 10.8. The van der Waals surface area contributed by atoms with E-state index in [2.05, 4.69) is 36.1 Å². The second-order valence-electron chi connectivity index (χ2n) is 8.98. The molecule has 2 amide bonds. The fraction of sp³-hybridized carbons (Fsp3) is 0.667. The summed E-state index contributed by atoms with van der Waals surface area (Å²) in [4.78, 5) is 33.2. The van der Waals surface area contributed by atoms with Gasteiger partial charge in [-0.25, -0.2) is 0 Å². The lowest BCUT2D eigenvalue weighted by molar-refractivity contribution is -0.143. The molecule has 170 valence electrons. The minimum atomic E-state index is -0.0382. The first-order valence-corrected chi connectivity index (χ1v) is 12.6. The Hall–Kier alpha value is -1.57. The topological polar surface area (TPSA) is 53.1 Å². The van der Waals surface area contributed by atoms with Gasteiger partial charge in [-0.05, 0) is 38.3 Å². The first-order chi connectivity index (χ1) is 15.1. The van der Waals surface area contributed by atoms with Crippen LogP contribution in [0.4, 0.5) is 0 Å². The van der Waals surface area contributed by atoms with Crippen molar-refractivity contribution < 1.29 is 14.3 Å². The molecule has 0 radical (unpaired) electrons. The number of likely N-dealkylation sites (tertiary alicyclic amines) is 2. The molecule has 3 saturated heterocycles. The summed E-state index contributed by atoms with van der Waals surface area (Å²) in [6.45, 7) is 9.36. The Morgan fingerprint density at radius 3 is 2.45 bits per heavy atom. The first-order valence-electron chi connectivity index (χ1n) is 11.7. The number of benzene rings is 1. The van der Waals surface area contributed by atoms with Crippen LogP contribution in [0.2, 0.25) is 0 Å². The number of amides is 2. The van der Waals surface area contributed by atoms with E-state index in [4.69, 9.17) is 4.74 Å². The van der Waals surface area contributed by atoms with Crippen LogP contribution in [0.1, 0.15) is 31.2 Å². The molecule has 1 atom stereocenters. The summed E-state index contributed by atoms with van der Waals surface area (Å²) in [5.41, 5.74) is 1.29. The van der Waals surface area contributed by atoms with Crippen LogP contribution >= 0.6 is 11.8 Å². The number of nitrogens with zero attached hydrogens (tertiary/aromatic N) is 3. The summed E-state index contributed by atoms with van der Waals surface area (Å²) in [5.74, 6) is 0.414. The van der Waals surface area contributed by atoms with E-state index in [1.165, 1.54) is 10.5 Å². The van der Waals surface area contributed by atoms with Crippen LogP contribution in [0.5, 0.6) is 0 Å². The summed E-state index contributed by atoms with van der Waals surface area (Å²) in [6.07, 6.45) is 3.27. The molecule has 7 heteroatoms. The quantitative estimate of drug-likeness (QED) is 0.674. The third-order valence-electron chi connectivity index (χ3n) is 6.72. The van der Waals surface area contributed by atoms with Crippen LogP contribution in [-0.4, -0.2) is 90.8 Å². The highest BCUT2D eigenvalue weighted by Gasteiger charge is 2.34. The van der Waals surface area contributed by atoms with Gasteiger partial charge in [0.25, 0.3) is 0 Å². The molecule has 6 nitrogen and oxygen atoms in total. The lowest BCUT2D eigenvalue weighted by Gasteiger charge is -2.38. The van der Waals surface area contributed by atoms with Crippen LogP contribution in [0, 0.1) is 12.8 Å². The SMILES string of the molecule is Cc1ccc(SC2CCN(C(=O)[C@@H]3CCC(=O)N(CCN4CCOCC4)C3)CC2)cc1. The Morgan fingerprint density at radius 1 is 1.03 bits per heavy atom. The van der Waals surface area contributed by atoms with Crippen molar-refractivity contribution in [2.24, 2.45) is 5.92 Å². The van der Waals surface area contributed by atoms with Crippen molar-refractivity contribution >= 4 is 23.6 Å². The van der Waals surface area contributed by atoms with Crippen LogP contribution in [0.15, 0.2) is 29.2 Å². The summed E-state index contributed by atoms with van der Waals surface area (Å²) in [5, 5.41) is 0.574. The predicted molar refractivity (Wildman–Crippen MR) is 123 cm³/mol. The molecule has 31 heavy (non-hydrogen) atoms. The number of carbonyl (C=O) groups is 2. The van der Waals surface area contributed by atoms with E-state index in [0.717, 1.165) is 65.3 Å². The van der Waals surface area contributed by atoms with Gasteiger partial charge in [0.2, 0.25) is 11.8 Å². The number of rotatable bonds is 6. The zero-order valence-electron chi connectivity index (χ0n) is 18.6. The van der Waals surface area contributed by atoms with Gasteiger partial charge in [-0.2, -0.15) is 0 Å². The van der Waals surface area contributed by atoms with Crippen molar-refractivity contribution in [2.75, 3.05) is 59.0 Å². The lowest BCUT2D eigenvalue weighted by atomic mass is 9.95. The number of hydrogen-bond acceptors (Lipinski definition) is 5. The van der Waals surface area contributed by atoms with Gasteiger partial charge >= 0.3 is 0 Å². The average Bonchev–Trinajstić information content (AvgIpc) is 2.81. The standard InChI is InChI=1S/C24H35N3O3S/c1-19-2-5-21(6-3-19)31-22-8-10-26(11-9-22)24(29)20-4-7-23(28)27(18-20)13-12-25-14-16-30-17-15-25/h2-3,5-6,20,22H,4,7-18H2,1H3/t20-/m1/s1. The molecule has 4 rings (SSSR count). The zero-order valence-corrected chi connectivity index (χ0v) is 19.4. The molecule has 3 fully saturated rings. The first kappa shape index (κ1) is 22.6. The Bertz CT molecular complexity index is 743. The molecule has 0 N–H and O–H groups in total. The van der Waals surface area contributed by atoms with Gasteiger partial charge in [-0.15, -0.1) is 11.8 Å². The zero-order chi connectivity index (χ0) is 21.6. The van der Waals surface area contributed by atoms with Crippen LogP contribution in [0.3, 0.4) is 0 Å². The van der Waals surface area contributed by atoms with Gasteiger partial charge < -0.3 is 14.5 Å². The largest absolute Gasteiger partial charge is 0.379 e. The van der Waals surface area contributed by atoms with E-state index in [1.807, 2.05) is 21.6 Å². The number of thioether (sulfide) groups is 1. The molecule has 0 aliphatic carbocycles. The summed E-state index contributed by atoms with van der Waals surface area (Å²) < 4.78 is 5.40. The molecule has 1 aromatic carbocycles. The van der Waals surface area contributed by atoms with E-state index in [9.17, 15) is 9.59 Å². The van der Waals surface area contributed by atoms with Crippen LogP contribution < -0.4 is 0 Å². The van der Waals surface area contributed by atoms with Gasteiger partial charge in [0.1, 0.15) is 0 Å². The molecule has 0 unspecified atom stereocenters. The molecule has 0 aromatic heterocycles. The minimum Gasteiger partial charge on any atom is -0.379 e. The van der Waals surface area contributed by atoms with E-state index < -0.39 is 0 Å². The molecule has 1 aromatic rings. The Balaban J connectivity index is 1.23. The highest BCUT2D eigenvalue weighted by Crippen LogP contribution is 2.31. The van der Waals surface area contributed by atoms with Crippen molar-refractivity contribution in [3.63, 3.8) is 0 Å². The van der Waals surface area contributed by atoms with Crippen LogP contribution in [-0.2, 0) is 14.3 Å². The highest BCUT2D eigenvalue weighted by atomic mass is 32.2. The number of hydrogen-bond donors (Lipinski definition) is 0. The fourth-order valence-corrected chi connectivity index (χ4v) is 5.81. The van der Waals surface area contributed by atoms with Gasteiger partial charge in [0.15, 0.2) is 0 Å². The maximum absolute atomic E-state index is 13.2. The van der Waals surface area contributed by atoms with Crippen molar-refractivity contribution in [1.82, 2.24) is 14.7 Å². The molecule has 3 aliphatic rings. The van der Waals surface area contributed by atoms with Crippen molar-refractivity contribution in [3.8, 4) is 0 Å². The number of carbonyl (C=O) groups excluding carboxylic acids is 2. The predicted octanol–water partition coefficient (Wildman–Crippen LogP) is 2.65. The van der Waals surface area contributed by atoms with Gasteiger partial charge in [-0.3, -0.25) is 14.5 Å². The molecule has 0 bridgehead atoms. The normalized spacial score (nSPS) is 23.9. The average molecular weight is 446 g/mol. The Kier molecular flexibility index (Phi) is 7.91. The summed E-state index contributed by atoms with van der Waals surface area (Å²) in [7, 11) is 0. The maximum atomic E-state index is 13.2. The Morgan fingerprint density at radius 2 is 1.74 bits per heavy atom. The Labute approximate surface area is 190 Å². The van der Waals surface area contributed by atoms with E-state index in [1.54, 1.807) is 0 Å². The fourth-order valence-electron chi connectivity index (χ4n) is 4.68. The molecular formula is C24H35N3O3S. The van der Waals surface area contributed by atoms with Crippen LogP contribution in [0.25, 0.3) is 0 Å². The van der Waals surface area contributed by atoms with E-state index >= 15 is 0 Å². The van der Waals surface area contributed by atoms with Crippen molar-refractivity contribution in [2.45, 2.75) is 42.8 Å². The lowest BCUT2D eigenvalue weighted by Crippen LogP contribution is -2.51. The van der Waals surface area contributed by atoms with Crippen molar-refractivity contribution in [3.05, 3.63) is 29.8 Å². The molecular weight excluding hydrogens is 410 g/mol. The van der Waals surface area contributed by atoms with E-state index in [-0.39, 0.29) is 17.7 Å². The number of morpholine rings is 1.